The minimum absolute atomic E-state index is 0.0318. The van der Waals surface area contributed by atoms with E-state index < -0.39 is 11.9 Å². The smallest absolute Gasteiger partial charge is 0.338 e. The molecule has 0 saturated heterocycles. The molecule has 0 heterocycles. The predicted octanol–water partition coefficient (Wildman–Crippen LogP) is 2.66. The first kappa shape index (κ1) is 16.9. The summed E-state index contributed by atoms with van der Waals surface area (Å²) in [6.07, 6.45) is 0.653. The van der Waals surface area contributed by atoms with Crippen LogP contribution in [-0.2, 0) is 14.2 Å². The average molecular weight is 392 g/mol. The van der Waals surface area contributed by atoms with Crippen LogP contribution in [0.5, 0.6) is 0 Å². The molecule has 0 N–H and O–H groups in total. The van der Waals surface area contributed by atoms with Crippen molar-refractivity contribution in [3.8, 4) is 0 Å². The lowest BCUT2D eigenvalue weighted by molar-refractivity contribution is 0.0391. The fourth-order valence-electron chi connectivity index (χ4n) is 1.46. The van der Waals surface area contributed by atoms with Crippen molar-refractivity contribution < 1.29 is 23.8 Å². The Balaban J connectivity index is 2.73. The van der Waals surface area contributed by atoms with Crippen molar-refractivity contribution in [1.82, 2.24) is 0 Å². The highest BCUT2D eigenvalue weighted by atomic mass is 127. The van der Waals surface area contributed by atoms with Gasteiger partial charge in [-0.15, -0.1) is 0 Å². The molecule has 1 aromatic rings. The average Bonchev–Trinajstić information content (AvgIpc) is 2.45. The van der Waals surface area contributed by atoms with Crippen molar-refractivity contribution in [2.24, 2.45) is 0 Å². The minimum Gasteiger partial charge on any atom is -0.465 e. The van der Waals surface area contributed by atoms with Gasteiger partial charge in [0.15, 0.2) is 0 Å². The summed E-state index contributed by atoms with van der Waals surface area (Å²) in [4.78, 5) is 23.4. The molecule has 110 valence electrons. The van der Waals surface area contributed by atoms with Crippen LogP contribution in [-0.4, -0.2) is 38.9 Å². The summed E-state index contributed by atoms with van der Waals surface area (Å²) in [6.45, 7) is 2.17. The number of halogens is 1. The van der Waals surface area contributed by atoms with E-state index in [0.29, 0.717) is 17.5 Å². The van der Waals surface area contributed by atoms with Gasteiger partial charge in [0, 0.05) is 17.1 Å². The van der Waals surface area contributed by atoms with Crippen molar-refractivity contribution in [1.29, 1.82) is 0 Å². The van der Waals surface area contributed by atoms with Gasteiger partial charge in [0.25, 0.3) is 0 Å². The third-order valence-electron chi connectivity index (χ3n) is 2.71. The summed E-state index contributed by atoms with van der Waals surface area (Å²) in [6, 6.07) is 4.78. The van der Waals surface area contributed by atoms with E-state index >= 15 is 0 Å². The standard InChI is InChI=1S/C14H17IO5/c1-9(18-2)4-5-20-14(17)11-6-10(13(16)19-3)7-12(15)8-11/h6-9H,4-5H2,1-3H3/t9-/m0/s1. The Morgan fingerprint density at radius 1 is 1.15 bits per heavy atom. The summed E-state index contributed by atoms with van der Waals surface area (Å²) in [5, 5.41) is 0. The Morgan fingerprint density at radius 2 is 1.75 bits per heavy atom. The number of carbonyl (C=O) groups excluding carboxylic acids is 2. The zero-order valence-electron chi connectivity index (χ0n) is 11.6. The molecule has 20 heavy (non-hydrogen) atoms. The topological polar surface area (TPSA) is 61.8 Å². The molecule has 0 aliphatic rings. The number of carbonyl (C=O) groups is 2. The number of ether oxygens (including phenoxy) is 3. The Morgan fingerprint density at radius 3 is 2.30 bits per heavy atom. The van der Waals surface area contributed by atoms with Gasteiger partial charge >= 0.3 is 11.9 Å². The third kappa shape index (κ3) is 5.09. The van der Waals surface area contributed by atoms with Crippen LogP contribution < -0.4 is 0 Å². The maximum absolute atomic E-state index is 11.9. The molecule has 0 unspecified atom stereocenters. The van der Waals surface area contributed by atoms with E-state index in [1.54, 1.807) is 19.2 Å². The van der Waals surface area contributed by atoms with Crippen LogP contribution in [0.1, 0.15) is 34.1 Å². The van der Waals surface area contributed by atoms with Crippen molar-refractivity contribution in [2.75, 3.05) is 20.8 Å². The van der Waals surface area contributed by atoms with Crippen LogP contribution in [0.2, 0.25) is 0 Å². The molecule has 0 aliphatic carbocycles. The quantitative estimate of drug-likeness (QED) is 0.550. The Bertz CT molecular complexity index is 486. The van der Waals surface area contributed by atoms with Gasteiger partial charge in [0.1, 0.15) is 0 Å². The molecule has 1 aromatic carbocycles. The van der Waals surface area contributed by atoms with E-state index in [4.69, 9.17) is 9.47 Å². The van der Waals surface area contributed by atoms with Crippen LogP contribution >= 0.6 is 22.6 Å². The van der Waals surface area contributed by atoms with Gasteiger partial charge < -0.3 is 14.2 Å². The van der Waals surface area contributed by atoms with Gasteiger partial charge in [-0.3, -0.25) is 0 Å². The first-order chi connectivity index (χ1) is 9.47. The first-order valence-corrected chi connectivity index (χ1v) is 7.14. The van der Waals surface area contributed by atoms with Gasteiger partial charge in [-0.1, -0.05) is 0 Å². The number of hydrogen-bond acceptors (Lipinski definition) is 5. The summed E-state index contributed by atoms with van der Waals surface area (Å²) in [7, 11) is 2.90. The lowest BCUT2D eigenvalue weighted by atomic mass is 10.1. The molecule has 0 saturated carbocycles. The molecule has 0 amide bonds. The zero-order valence-corrected chi connectivity index (χ0v) is 13.8. The van der Waals surface area contributed by atoms with Gasteiger partial charge in [0.2, 0.25) is 0 Å². The summed E-state index contributed by atoms with van der Waals surface area (Å²) < 4.78 is 15.6. The second kappa shape index (κ2) is 8.21. The molecular weight excluding hydrogens is 375 g/mol. The molecule has 0 fully saturated rings. The van der Waals surface area contributed by atoms with E-state index in [9.17, 15) is 9.59 Å². The van der Waals surface area contributed by atoms with Crippen LogP contribution in [0.15, 0.2) is 18.2 Å². The number of benzene rings is 1. The van der Waals surface area contributed by atoms with Crippen molar-refractivity contribution in [2.45, 2.75) is 19.4 Å². The fourth-order valence-corrected chi connectivity index (χ4v) is 2.13. The molecular formula is C14H17IO5. The van der Waals surface area contributed by atoms with Gasteiger partial charge in [-0.25, -0.2) is 9.59 Å². The third-order valence-corrected chi connectivity index (χ3v) is 3.34. The molecule has 0 aromatic heterocycles. The van der Waals surface area contributed by atoms with Crippen molar-refractivity contribution in [3.63, 3.8) is 0 Å². The van der Waals surface area contributed by atoms with Crippen LogP contribution in [0.3, 0.4) is 0 Å². The zero-order chi connectivity index (χ0) is 15.1. The summed E-state index contributed by atoms with van der Waals surface area (Å²) >= 11 is 2.03. The van der Waals surface area contributed by atoms with Crippen molar-refractivity contribution >= 4 is 34.5 Å². The number of rotatable bonds is 6. The lowest BCUT2D eigenvalue weighted by Crippen LogP contribution is -2.13. The first-order valence-electron chi connectivity index (χ1n) is 6.06. The molecule has 1 atom stereocenters. The van der Waals surface area contributed by atoms with Gasteiger partial charge in [-0.05, 0) is 47.7 Å². The predicted molar refractivity (Wildman–Crippen MR) is 81.9 cm³/mol. The molecule has 1 rings (SSSR count). The Labute approximate surface area is 131 Å². The van der Waals surface area contributed by atoms with E-state index in [-0.39, 0.29) is 12.7 Å². The van der Waals surface area contributed by atoms with Gasteiger partial charge in [-0.2, -0.15) is 0 Å². The van der Waals surface area contributed by atoms with Crippen LogP contribution in [0, 0.1) is 3.57 Å². The highest BCUT2D eigenvalue weighted by Crippen LogP contribution is 2.15. The SMILES string of the molecule is COC(=O)c1cc(I)cc(C(=O)OCC[C@H](C)OC)c1. The van der Waals surface area contributed by atoms with E-state index in [0.717, 1.165) is 3.57 Å². The maximum atomic E-state index is 11.9. The van der Waals surface area contributed by atoms with E-state index in [1.165, 1.54) is 13.2 Å². The monoisotopic (exact) mass is 392 g/mol. The molecule has 6 heteroatoms. The maximum Gasteiger partial charge on any atom is 0.338 e. The summed E-state index contributed by atoms with van der Waals surface area (Å²) in [5.41, 5.74) is 0.666. The van der Waals surface area contributed by atoms with Gasteiger partial charge in [0.05, 0.1) is 30.9 Å². The highest BCUT2D eigenvalue weighted by molar-refractivity contribution is 14.1. The molecule has 0 radical (unpaired) electrons. The van der Waals surface area contributed by atoms with Crippen molar-refractivity contribution in [3.05, 3.63) is 32.9 Å². The normalized spacial score (nSPS) is 11.8. The van der Waals surface area contributed by atoms with Crippen LogP contribution in [0.4, 0.5) is 0 Å². The largest absolute Gasteiger partial charge is 0.465 e. The lowest BCUT2D eigenvalue weighted by Gasteiger charge is -2.10. The minimum atomic E-state index is -0.481. The van der Waals surface area contributed by atoms with E-state index in [2.05, 4.69) is 4.74 Å². The Kier molecular flexibility index (Phi) is 6.94. The molecule has 0 spiro atoms. The molecule has 5 nitrogen and oxygen atoms in total. The summed E-state index contributed by atoms with van der Waals surface area (Å²) in [5.74, 6) is -0.942. The number of esters is 2. The Hall–Kier alpha value is -1.15. The number of hydrogen-bond donors (Lipinski definition) is 0. The van der Waals surface area contributed by atoms with Crippen LogP contribution in [0.25, 0.3) is 0 Å². The highest BCUT2D eigenvalue weighted by Gasteiger charge is 2.14. The molecule has 0 bridgehead atoms. The fraction of sp³-hybridized carbons (Fsp3) is 0.429. The second-order valence-corrected chi connectivity index (χ2v) is 5.44. The second-order valence-electron chi connectivity index (χ2n) is 4.19. The van der Waals surface area contributed by atoms with E-state index in [1.807, 2.05) is 29.5 Å². The number of methoxy groups -OCH3 is 2. The molecule has 0 aliphatic heterocycles.